The number of carbonyl (C=O) groups is 2. The Kier molecular flexibility index (Phi) is 5.56. The highest BCUT2D eigenvalue weighted by molar-refractivity contribution is 7.99. The van der Waals surface area contributed by atoms with Crippen molar-refractivity contribution in [3.05, 3.63) is 29.3 Å². The summed E-state index contributed by atoms with van der Waals surface area (Å²) in [4.78, 5) is 30.9. The van der Waals surface area contributed by atoms with Crippen LogP contribution in [0.5, 0.6) is 0 Å². The predicted octanol–water partition coefficient (Wildman–Crippen LogP) is 0.321. The van der Waals surface area contributed by atoms with E-state index in [9.17, 15) is 14.7 Å². The van der Waals surface area contributed by atoms with E-state index < -0.39 is 5.54 Å². The maximum atomic E-state index is 12.5. The fourth-order valence-corrected chi connectivity index (χ4v) is 3.67. The highest BCUT2D eigenvalue weighted by atomic mass is 32.2. The molecule has 27 heavy (non-hydrogen) atoms. The molecule has 0 unspecified atom stereocenters. The lowest BCUT2D eigenvalue weighted by molar-refractivity contribution is -0.129. The van der Waals surface area contributed by atoms with Gasteiger partial charge in [0.05, 0.1) is 30.1 Å². The molecule has 2 aromatic rings. The van der Waals surface area contributed by atoms with Gasteiger partial charge in [-0.2, -0.15) is 5.10 Å². The molecule has 3 rings (SSSR count). The number of H-pyrrole nitrogens is 1. The van der Waals surface area contributed by atoms with Crippen LogP contribution in [0.2, 0.25) is 0 Å². The van der Waals surface area contributed by atoms with E-state index in [0.717, 1.165) is 16.4 Å². The number of carbonyl (C=O) groups excluding carboxylic acids is 2. The van der Waals surface area contributed by atoms with Crippen LogP contribution >= 0.6 is 11.8 Å². The van der Waals surface area contributed by atoms with Crippen LogP contribution in [0.3, 0.4) is 0 Å². The van der Waals surface area contributed by atoms with E-state index in [2.05, 4.69) is 20.5 Å². The molecular weight excluding hydrogens is 368 g/mol. The molecule has 1 aliphatic heterocycles. The number of hydrogen-bond acceptors (Lipinski definition) is 6. The highest BCUT2D eigenvalue weighted by Crippen LogP contribution is 2.22. The molecule has 9 nitrogen and oxygen atoms in total. The Bertz CT molecular complexity index is 844. The zero-order valence-electron chi connectivity index (χ0n) is 15.7. The first-order valence-electron chi connectivity index (χ1n) is 8.68. The Balaban J connectivity index is 1.62. The second-order valence-electron chi connectivity index (χ2n) is 7.20. The summed E-state index contributed by atoms with van der Waals surface area (Å²) in [7, 11) is 1.89. The van der Waals surface area contributed by atoms with Gasteiger partial charge in [-0.05, 0) is 20.3 Å². The van der Waals surface area contributed by atoms with Gasteiger partial charge in [0, 0.05) is 31.5 Å². The Morgan fingerprint density at radius 2 is 2.22 bits per heavy atom. The van der Waals surface area contributed by atoms with Gasteiger partial charge in [-0.3, -0.25) is 14.7 Å². The smallest absolute Gasteiger partial charge is 0.272 e. The second kappa shape index (κ2) is 7.73. The quantitative estimate of drug-likeness (QED) is 0.610. The number of aromatic amines is 1. The summed E-state index contributed by atoms with van der Waals surface area (Å²) >= 11 is 1.40. The average molecular weight is 392 g/mol. The third-order valence-corrected chi connectivity index (χ3v) is 5.49. The number of aliphatic hydroxyl groups excluding tert-OH is 1. The van der Waals surface area contributed by atoms with E-state index in [1.807, 2.05) is 17.8 Å². The summed E-state index contributed by atoms with van der Waals surface area (Å²) in [6.07, 6.45) is 4.11. The van der Waals surface area contributed by atoms with Crippen molar-refractivity contribution in [3.63, 3.8) is 0 Å². The topological polar surface area (TPSA) is 116 Å². The van der Waals surface area contributed by atoms with Crippen LogP contribution in [-0.2, 0) is 24.8 Å². The zero-order valence-corrected chi connectivity index (χ0v) is 16.5. The van der Waals surface area contributed by atoms with Crippen molar-refractivity contribution in [2.24, 2.45) is 7.05 Å². The van der Waals surface area contributed by atoms with Gasteiger partial charge in [0.15, 0.2) is 10.9 Å². The molecule has 3 N–H and O–H groups in total. The number of nitrogens with one attached hydrogen (secondary N) is 2. The molecule has 2 aromatic heterocycles. The third-order valence-electron chi connectivity index (χ3n) is 4.45. The van der Waals surface area contributed by atoms with Crippen LogP contribution in [0.25, 0.3) is 0 Å². The Morgan fingerprint density at radius 3 is 2.89 bits per heavy atom. The Morgan fingerprint density at radius 1 is 1.44 bits per heavy atom. The molecule has 0 aromatic carbocycles. The normalized spacial score (nSPS) is 14.1. The number of thioether (sulfide) groups is 1. The SMILES string of the molecule is Cn1ccnc1SCC(=O)N1CCc2c(C(=O)NC(C)(C)CO)n[nH]c2C1. The van der Waals surface area contributed by atoms with Crippen LogP contribution in [0.1, 0.15) is 35.6 Å². The maximum absolute atomic E-state index is 12.5. The lowest BCUT2D eigenvalue weighted by Crippen LogP contribution is -2.46. The molecule has 0 aliphatic carbocycles. The minimum Gasteiger partial charge on any atom is -0.394 e. The van der Waals surface area contributed by atoms with E-state index >= 15 is 0 Å². The van der Waals surface area contributed by atoms with Crippen molar-refractivity contribution < 1.29 is 14.7 Å². The first-order valence-corrected chi connectivity index (χ1v) is 9.66. The second-order valence-corrected chi connectivity index (χ2v) is 8.14. The highest BCUT2D eigenvalue weighted by Gasteiger charge is 2.29. The zero-order chi connectivity index (χ0) is 19.6. The van der Waals surface area contributed by atoms with Gasteiger partial charge < -0.3 is 19.9 Å². The number of imidazole rings is 1. The number of aryl methyl sites for hydroxylation is 1. The number of nitrogens with zero attached hydrogens (tertiary/aromatic N) is 4. The Labute approximate surface area is 161 Å². The van der Waals surface area contributed by atoms with Crippen molar-refractivity contribution >= 4 is 23.6 Å². The summed E-state index contributed by atoms with van der Waals surface area (Å²) in [5.41, 5.74) is 1.23. The summed E-state index contributed by atoms with van der Waals surface area (Å²) < 4.78 is 1.87. The van der Waals surface area contributed by atoms with Crippen molar-refractivity contribution in [3.8, 4) is 0 Å². The van der Waals surface area contributed by atoms with Crippen molar-refractivity contribution in [1.82, 2.24) is 30.0 Å². The maximum Gasteiger partial charge on any atom is 0.272 e. The average Bonchev–Trinajstić information content (AvgIpc) is 3.24. The number of hydrogen-bond donors (Lipinski definition) is 3. The van der Waals surface area contributed by atoms with Crippen LogP contribution in [0.15, 0.2) is 17.6 Å². The molecule has 3 heterocycles. The molecular formula is C17H24N6O3S. The minimum atomic E-state index is -0.720. The van der Waals surface area contributed by atoms with E-state index in [4.69, 9.17) is 0 Å². The number of aliphatic hydroxyl groups is 1. The third kappa shape index (κ3) is 4.33. The summed E-state index contributed by atoms with van der Waals surface area (Å²) in [6, 6.07) is 0. The molecule has 0 radical (unpaired) electrons. The van der Waals surface area contributed by atoms with Gasteiger partial charge in [-0.1, -0.05) is 11.8 Å². The lowest BCUT2D eigenvalue weighted by atomic mass is 10.0. The largest absolute Gasteiger partial charge is 0.394 e. The first-order chi connectivity index (χ1) is 12.8. The van der Waals surface area contributed by atoms with Crippen molar-refractivity contribution in [1.29, 1.82) is 0 Å². The van der Waals surface area contributed by atoms with Crippen LogP contribution in [0.4, 0.5) is 0 Å². The van der Waals surface area contributed by atoms with Gasteiger partial charge in [0.25, 0.3) is 5.91 Å². The number of rotatable bonds is 6. The molecule has 2 amide bonds. The molecule has 0 fully saturated rings. The molecule has 10 heteroatoms. The van der Waals surface area contributed by atoms with Crippen molar-refractivity contribution in [2.75, 3.05) is 18.9 Å². The molecule has 0 spiro atoms. The molecule has 0 bridgehead atoms. The first kappa shape index (κ1) is 19.4. The summed E-state index contributed by atoms with van der Waals surface area (Å²) in [5.74, 6) is 0.0131. The lowest BCUT2D eigenvalue weighted by Gasteiger charge is -2.27. The fraction of sp³-hybridized carbons (Fsp3) is 0.529. The molecule has 0 saturated heterocycles. The van der Waals surface area contributed by atoms with E-state index in [-0.39, 0.29) is 18.4 Å². The van der Waals surface area contributed by atoms with Crippen molar-refractivity contribution in [2.45, 2.75) is 37.5 Å². The van der Waals surface area contributed by atoms with Gasteiger partial charge in [0.2, 0.25) is 5.91 Å². The van der Waals surface area contributed by atoms with Crippen LogP contribution < -0.4 is 5.32 Å². The molecule has 0 saturated carbocycles. The van der Waals surface area contributed by atoms with Gasteiger partial charge in [0.1, 0.15) is 0 Å². The molecule has 1 aliphatic rings. The standard InChI is InChI=1S/C17H24N6O3S/c1-17(2,10-24)19-15(26)14-11-4-6-23(8-12(11)20-21-14)13(25)9-27-16-18-5-7-22(16)3/h5,7,24H,4,6,8-10H2,1-3H3,(H,19,26)(H,20,21). The summed E-state index contributed by atoms with van der Waals surface area (Å²) in [6.45, 7) is 4.25. The van der Waals surface area contributed by atoms with Crippen LogP contribution in [-0.4, -0.2) is 66.0 Å². The van der Waals surface area contributed by atoms with Gasteiger partial charge in [-0.25, -0.2) is 4.98 Å². The van der Waals surface area contributed by atoms with E-state index in [1.165, 1.54) is 11.8 Å². The van der Waals surface area contributed by atoms with Gasteiger partial charge in [-0.15, -0.1) is 0 Å². The van der Waals surface area contributed by atoms with Gasteiger partial charge >= 0.3 is 0 Å². The fourth-order valence-electron chi connectivity index (χ4n) is 2.83. The number of fused-ring (bicyclic) bond motifs is 1. The Hall–Kier alpha value is -2.33. The molecule has 0 atom stereocenters. The number of amides is 2. The van der Waals surface area contributed by atoms with Crippen LogP contribution in [0, 0.1) is 0 Å². The van der Waals surface area contributed by atoms with E-state index in [1.54, 1.807) is 24.9 Å². The molecule has 146 valence electrons. The monoisotopic (exact) mass is 392 g/mol. The number of aromatic nitrogens is 4. The predicted molar refractivity (Wildman–Crippen MR) is 100 cm³/mol. The minimum absolute atomic E-state index is 0.0238. The van der Waals surface area contributed by atoms with E-state index in [0.29, 0.717) is 31.0 Å². The summed E-state index contributed by atoms with van der Waals surface area (Å²) in [5, 5.41) is 19.9.